The fraction of sp³-hybridized carbons (Fsp3) is 0.167. The fourth-order valence-electron chi connectivity index (χ4n) is 4.65. The molecule has 3 heterocycles. The molecule has 5 rings (SSSR count). The highest BCUT2D eigenvalue weighted by Gasteiger charge is 2.29. The average molecular weight is 537 g/mol. The van der Waals surface area contributed by atoms with E-state index in [0.717, 1.165) is 33.9 Å². The van der Waals surface area contributed by atoms with Gasteiger partial charge in [0.15, 0.2) is 0 Å². The van der Waals surface area contributed by atoms with E-state index in [1.807, 2.05) is 49.6 Å². The minimum Gasteiger partial charge on any atom is -0.478 e. The second-order valence-corrected chi connectivity index (χ2v) is 9.64. The van der Waals surface area contributed by atoms with Crippen molar-refractivity contribution in [2.75, 3.05) is 18.8 Å². The number of benzene rings is 2. The second kappa shape index (κ2) is 11.2. The van der Waals surface area contributed by atoms with E-state index in [2.05, 4.69) is 15.4 Å². The van der Waals surface area contributed by atoms with Crippen LogP contribution in [0.25, 0.3) is 28.3 Å². The molecule has 1 aliphatic heterocycles. The van der Waals surface area contributed by atoms with Crippen LogP contribution in [0.5, 0.6) is 0 Å². The third kappa shape index (κ3) is 5.91. The average Bonchev–Trinajstić information content (AvgIpc) is 3.61. The summed E-state index contributed by atoms with van der Waals surface area (Å²) in [7, 11) is 1.81. The van der Waals surface area contributed by atoms with Gasteiger partial charge in [0, 0.05) is 61.3 Å². The Kier molecular flexibility index (Phi) is 7.41. The molecule has 4 N–H and O–H groups in total. The number of nitrogen functional groups attached to an aromatic ring is 1. The number of rotatable bonds is 7. The van der Waals surface area contributed by atoms with E-state index in [0.29, 0.717) is 25.1 Å². The molecule has 2 amide bonds. The van der Waals surface area contributed by atoms with E-state index in [1.54, 1.807) is 40.2 Å². The molecule has 0 spiro atoms. The van der Waals surface area contributed by atoms with Gasteiger partial charge in [-0.3, -0.25) is 14.3 Å². The molecule has 1 atom stereocenters. The van der Waals surface area contributed by atoms with Crippen molar-refractivity contribution >= 4 is 29.7 Å². The Morgan fingerprint density at radius 2 is 1.70 bits per heavy atom. The highest BCUT2D eigenvalue weighted by atomic mass is 16.4. The van der Waals surface area contributed by atoms with Gasteiger partial charge in [-0.15, -0.1) is 0 Å². The van der Waals surface area contributed by atoms with Crippen LogP contribution in [0, 0.1) is 0 Å². The monoisotopic (exact) mass is 536 g/mol. The van der Waals surface area contributed by atoms with Gasteiger partial charge in [-0.2, -0.15) is 5.10 Å². The predicted molar refractivity (Wildman–Crippen MR) is 151 cm³/mol. The van der Waals surface area contributed by atoms with Crippen LogP contribution in [-0.2, 0) is 11.8 Å². The van der Waals surface area contributed by atoms with Gasteiger partial charge in [0.1, 0.15) is 5.82 Å². The smallest absolute Gasteiger partial charge is 0.328 e. The number of nitrogens with zero attached hydrogens (tertiary/aromatic N) is 4. The van der Waals surface area contributed by atoms with Crippen LogP contribution in [0.15, 0.2) is 79.3 Å². The first kappa shape index (κ1) is 26.4. The molecule has 0 unspecified atom stereocenters. The lowest BCUT2D eigenvalue weighted by Gasteiger charge is -2.18. The number of likely N-dealkylation sites (tertiary alicyclic amines) is 1. The lowest BCUT2D eigenvalue weighted by Crippen LogP contribution is -2.38. The van der Waals surface area contributed by atoms with Gasteiger partial charge in [-0.25, -0.2) is 9.78 Å². The molecule has 0 saturated carbocycles. The molecule has 2 aromatic carbocycles. The number of nitrogens with one attached hydrogen (secondary N) is 1. The molecule has 0 radical (unpaired) electrons. The largest absolute Gasteiger partial charge is 0.478 e. The number of aromatic nitrogens is 3. The molecule has 4 aromatic rings. The predicted octanol–water partition coefficient (Wildman–Crippen LogP) is 3.47. The zero-order valence-corrected chi connectivity index (χ0v) is 21.8. The molecule has 1 aliphatic rings. The second-order valence-electron chi connectivity index (χ2n) is 9.64. The summed E-state index contributed by atoms with van der Waals surface area (Å²) >= 11 is 0. The van der Waals surface area contributed by atoms with Gasteiger partial charge in [0.25, 0.3) is 11.8 Å². The van der Waals surface area contributed by atoms with E-state index in [-0.39, 0.29) is 29.2 Å². The molecule has 2 aromatic heterocycles. The summed E-state index contributed by atoms with van der Waals surface area (Å²) in [6.45, 7) is 0.924. The number of hydrogen-bond donors (Lipinski definition) is 3. The first-order valence-corrected chi connectivity index (χ1v) is 12.7. The Morgan fingerprint density at radius 3 is 2.35 bits per heavy atom. The maximum atomic E-state index is 13.1. The normalized spacial score (nSPS) is 14.9. The molecular weight excluding hydrogens is 508 g/mol. The lowest BCUT2D eigenvalue weighted by molar-refractivity contribution is -0.131. The van der Waals surface area contributed by atoms with Crippen molar-refractivity contribution in [3.8, 4) is 22.3 Å². The SMILES string of the molecule is Cn1cc(-c2cnc(N)c(C(=O)N[C@@H]3CCN(C(=O)c4ccc(-c5ccc(/C=C/C(=O)O)cc5)cc4)C3)c2)cn1. The first-order chi connectivity index (χ1) is 19.3. The summed E-state index contributed by atoms with van der Waals surface area (Å²) in [5.74, 6) is -1.28. The number of pyridine rings is 1. The number of aryl methyl sites for hydroxylation is 1. The number of carboxylic acids is 1. The van der Waals surface area contributed by atoms with E-state index < -0.39 is 5.97 Å². The third-order valence-electron chi connectivity index (χ3n) is 6.81. The van der Waals surface area contributed by atoms with Crippen LogP contribution in [0.3, 0.4) is 0 Å². The zero-order valence-electron chi connectivity index (χ0n) is 21.8. The summed E-state index contributed by atoms with van der Waals surface area (Å²) in [4.78, 5) is 42.8. The standard InChI is InChI=1S/C30H28N6O4/c1-35-17-24(16-33-35)23-14-26(28(31)32-15-23)29(39)34-25-12-13-36(18-25)30(40)22-9-7-21(8-10-22)20-5-2-19(3-6-20)4-11-27(37)38/h2-11,14-17,25H,12-13,18H2,1H3,(H2,31,32)(H,34,39)(H,37,38)/b11-4+/t25-/m1/s1. The van der Waals surface area contributed by atoms with Crippen LogP contribution in [0.2, 0.25) is 0 Å². The van der Waals surface area contributed by atoms with Crippen molar-refractivity contribution in [2.24, 2.45) is 7.05 Å². The Hall–Kier alpha value is -5.25. The molecular formula is C30H28N6O4. The molecule has 10 heteroatoms. The molecule has 1 fully saturated rings. The highest BCUT2D eigenvalue weighted by Crippen LogP contribution is 2.24. The van der Waals surface area contributed by atoms with Crippen molar-refractivity contribution in [3.05, 3.63) is 96.0 Å². The molecule has 0 bridgehead atoms. The number of anilines is 1. The number of carbonyl (C=O) groups excluding carboxylic acids is 2. The first-order valence-electron chi connectivity index (χ1n) is 12.7. The number of carboxylic acid groups (broad SMARTS) is 1. The van der Waals surface area contributed by atoms with Gasteiger partial charge >= 0.3 is 5.97 Å². The maximum Gasteiger partial charge on any atom is 0.328 e. The van der Waals surface area contributed by atoms with Gasteiger partial charge in [-0.05, 0) is 47.4 Å². The Bertz CT molecular complexity index is 1590. The Labute approximate surface area is 230 Å². The summed E-state index contributed by atoms with van der Waals surface area (Å²) in [5, 5.41) is 15.9. The van der Waals surface area contributed by atoms with Gasteiger partial charge in [-0.1, -0.05) is 36.4 Å². The minimum absolute atomic E-state index is 0.0998. The van der Waals surface area contributed by atoms with Crippen LogP contribution in [0.1, 0.15) is 32.7 Å². The highest BCUT2D eigenvalue weighted by molar-refractivity contribution is 6.00. The summed E-state index contributed by atoms with van der Waals surface area (Å²) in [5.41, 5.74) is 11.1. The van der Waals surface area contributed by atoms with Crippen molar-refractivity contribution in [2.45, 2.75) is 12.5 Å². The van der Waals surface area contributed by atoms with Crippen molar-refractivity contribution < 1.29 is 19.5 Å². The zero-order chi connectivity index (χ0) is 28.2. The van der Waals surface area contributed by atoms with Crippen molar-refractivity contribution in [1.82, 2.24) is 25.0 Å². The summed E-state index contributed by atoms with van der Waals surface area (Å²) < 4.78 is 1.67. The lowest BCUT2D eigenvalue weighted by atomic mass is 10.0. The molecule has 202 valence electrons. The molecule has 40 heavy (non-hydrogen) atoms. The fourth-order valence-corrected chi connectivity index (χ4v) is 4.65. The van der Waals surface area contributed by atoms with E-state index in [9.17, 15) is 14.4 Å². The van der Waals surface area contributed by atoms with Crippen LogP contribution in [0.4, 0.5) is 5.82 Å². The maximum absolute atomic E-state index is 13.1. The Morgan fingerprint density at radius 1 is 1.00 bits per heavy atom. The van der Waals surface area contributed by atoms with Gasteiger partial charge < -0.3 is 21.1 Å². The summed E-state index contributed by atoms with van der Waals surface area (Å²) in [6.07, 6.45) is 8.40. The molecule has 0 aliphatic carbocycles. The van der Waals surface area contributed by atoms with Gasteiger partial charge in [0.05, 0.1) is 11.8 Å². The third-order valence-corrected chi connectivity index (χ3v) is 6.81. The Balaban J connectivity index is 1.20. The number of amides is 2. The van der Waals surface area contributed by atoms with Gasteiger partial charge in [0.2, 0.25) is 0 Å². The van der Waals surface area contributed by atoms with Crippen molar-refractivity contribution in [3.63, 3.8) is 0 Å². The van der Waals surface area contributed by atoms with Crippen LogP contribution in [-0.4, -0.2) is 61.7 Å². The molecule has 1 saturated heterocycles. The minimum atomic E-state index is -0.996. The summed E-state index contributed by atoms with van der Waals surface area (Å²) in [6, 6.07) is 16.3. The molecule has 10 nitrogen and oxygen atoms in total. The van der Waals surface area contributed by atoms with Crippen LogP contribution >= 0.6 is 0 Å². The number of hydrogen-bond acceptors (Lipinski definition) is 6. The quantitative estimate of drug-likeness (QED) is 0.307. The van der Waals surface area contributed by atoms with E-state index >= 15 is 0 Å². The number of aliphatic carboxylic acids is 1. The topological polar surface area (TPSA) is 143 Å². The van der Waals surface area contributed by atoms with Crippen LogP contribution < -0.4 is 11.1 Å². The van der Waals surface area contributed by atoms with Crippen molar-refractivity contribution in [1.29, 1.82) is 0 Å². The number of nitrogens with two attached hydrogens (primary N) is 1. The van der Waals surface area contributed by atoms with E-state index in [1.165, 1.54) is 6.08 Å². The van der Waals surface area contributed by atoms with E-state index in [4.69, 9.17) is 10.8 Å². The number of carbonyl (C=O) groups is 3.